The summed E-state index contributed by atoms with van der Waals surface area (Å²) in [5.74, 6) is 0.346. The molecule has 0 unspecified atom stereocenters. The molecule has 26 heavy (non-hydrogen) atoms. The molecule has 3 aromatic rings. The number of nitrogens with zero attached hydrogens (tertiary/aromatic N) is 2. The van der Waals surface area contributed by atoms with Crippen LogP contribution in [0.25, 0.3) is 0 Å². The van der Waals surface area contributed by atoms with Gasteiger partial charge in [-0.3, -0.25) is 4.79 Å². The topological polar surface area (TPSA) is 66.9 Å². The van der Waals surface area contributed by atoms with Gasteiger partial charge in [0, 0.05) is 25.5 Å². The van der Waals surface area contributed by atoms with Crippen molar-refractivity contribution in [1.82, 2.24) is 15.3 Å². The lowest BCUT2D eigenvalue weighted by atomic mass is 10.1. The molecule has 0 bridgehead atoms. The van der Waals surface area contributed by atoms with Crippen LogP contribution < -0.4 is 10.6 Å². The van der Waals surface area contributed by atoms with Crippen molar-refractivity contribution in [3.63, 3.8) is 0 Å². The van der Waals surface area contributed by atoms with Crippen LogP contribution in [0.2, 0.25) is 0 Å². The van der Waals surface area contributed by atoms with Crippen LogP contribution in [0.3, 0.4) is 0 Å². The van der Waals surface area contributed by atoms with Crippen LogP contribution in [0.5, 0.6) is 0 Å². The van der Waals surface area contributed by atoms with E-state index in [1.165, 1.54) is 11.1 Å². The molecule has 0 atom stereocenters. The maximum atomic E-state index is 12.2. The lowest BCUT2D eigenvalue weighted by Gasteiger charge is -2.07. The Labute approximate surface area is 153 Å². The molecule has 132 valence electrons. The second kappa shape index (κ2) is 8.76. The molecule has 0 aliphatic rings. The quantitative estimate of drug-likeness (QED) is 0.688. The third kappa shape index (κ3) is 5.14. The number of anilines is 1. The van der Waals surface area contributed by atoms with Crippen LogP contribution in [-0.4, -0.2) is 22.4 Å². The minimum atomic E-state index is -0.161. The van der Waals surface area contributed by atoms with E-state index < -0.39 is 0 Å². The third-order valence-corrected chi connectivity index (χ3v) is 3.99. The number of rotatable bonds is 7. The van der Waals surface area contributed by atoms with Gasteiger partial charge in [0.15, 0.2) is 0 Å². The number of aromatic nitrogens is 2. The van der Waals surface area contributed by atoms with Gasteiger partial charge in [-0.2, -0.15) is 0 Å². The van der Waals surface area contributed by atoms with Crippen LogP contribution in [0.1, 0.15) is 27.0 Å². The third-order valence-electron chi connectivity index (χ3n) is 3.99. The minimum Gasteiger partial charge on any atom is -0.352 e. The zero-order chi connectivity index (χ0) is 18.2. The lowest BCUT2D eigenvalue weighted by Crippen LogP contribution is -2.26. The summed E-state index contributed by atoms with van der Waals surface area (Å²) in [6.07, 6.45) is 3.89. The van der Waals surface area contributed by atoms with Crippen LogP contribution in [0, 0.1) is 6.92 Å². The molecule has 0 radical (unpaired) electrons. The molecule has 0 spiro atoms. The fourth-order valence-electron chi connectivity index (χ4n) is 2.61. The second-order valence-electron chi connectivity index (χ2n) is 6.13. The van der Waals surface area contributed by atoms with Crippen molar-refractivity contribution in [2.45, 2.75) is 19.9 Å². The standard InChI is InChI=1S/C21H22N4O/c1-16-6-5-9-18(12-16)13-23-21-24-14-19(15-25-21)20(26)22-11-10-17-7-3-2-4-8-17/h2-9,12,14-15H,10-11,13H2,1H3,(H,22,26)(H,23,24,25). The summed E-state index contributed by atoms with van der Waals surface area (Å²) in [5, 5.41) is 6.06. The van der Waals surface area contributed by atoms with Crippen LogP contribution >= 0.6 is 0 Å². The van der Waals surface area contributed by atoms with E-state index in [4.69, 9.17) is 0 Å². The summed E-state index contributed by atoms with van der Waals surface area (Å²) in [5.41, 5.74) is 4.03. The average Bonchev–Trinajstić information content (AvgIpc) is 2.68. The number of carbonyl (C=O) groups is 1. The molecule has 2 aromatic carbocycles. The zero-order valence-corrected chi connectivity index (χ0v) is 14.8. The number of amides is 1. The van der Waals surface area contributed by atoms with Gasteiger partial charge in [0.1, 0.15) is 0 Å². The first-order chi connectivity index (χ1) is 12.7. The summed E-state index contributed by atoms with van der Waals surface area (Å²) in [6, 6.07) is 18.3. The smallest absolute Gasteiger partial charge is 0.254 e. The predicted molar refractivity (Wildman–Crippen MR) is 103 cm³/mol. The van der Waals surface area contributed by atoms with Gasteiger partial charge in [0.05, 0.1) is 5.56 Å². The van der Waals surface area contributed by atoms with Gasteiger partial charge in [-0.1, -0.05) is 60.2 Å². The summed E-state index contributed by atoms with van der Waals surface area (Å²) in [4.78, 5) is 20.6. The number of benzene rings is 2. The van der Waals surface area contributed by atoms with Crippen molar-refractivity contribution < 1.29 is 4.79 Å². The molecule has 3 rings (SSSR count). The zero-order valence-electron chi connectivity index (χ0n) is 14.8. The van der Waals surface area contributed by atoms with Gasteiger partial charge in [0.2, 0.25) is 5.95 Å². The van der Waals surface area contributed by atoms with Crippen molar-refractivity contribution in [2.75, 3.05) is 11.9 Å². The minimum absolute atomic E-state index is 0.161. The largest absolute Gasteiger partial charge is 0.352 e. The lowest BCUT2D eigenvalue weighted by molar-refractivity contribution is 0.0953. The Bertz CT molecular complexity index is 847. The Morgan fingerprint density at radius 3 is 2.42 bits per heavy atom. The van der Waals surface area contributed by atoms with Crippen molar-refractivity contribution in [3.8, 4) is 0 Å². The van der Waals surface area contributed by atoms with E-state index >= 15 is 0 Å². The Hall–Kier alpha value is -3.21. The van der Waals surface area contributed by atoms with E-state index in [0.29, 0.717) is 24.6 Å². The first kappa shape index (κ1) is 17.6. The Balaban J connectivity index is 1.48. The number of nitrogens with one attached hydrogen (secondary N) is 2. The second-order valence-corrected chi connectivity index (χ2v) is 6.13. The van der Waals surface area contributed by atoms with Gasteiger partial charge in [-0.05, 0) is 24.5 Å². The normalized spacial score (nSPS) is 10.3. The SMILES string of the molecule is Cc1cccc(CNc2ncc(C(=O)NCCc3ccccc3)cn2)c1. The molecule has 1 aromatic heterocycles. The van der Waals surface area contributed by atoms with Gasteiger partial charge < -0.3 is 10.6 Å². The highest BCUT2D eigenvalue weighted by atomic mass is 16.1. The van der Waals surface area contributed by atoms with Crippen molar-refractivity contribution >= 4 is 11.9 Å². The van der Waals surface area contributed by atoms with Crippen LogP contribution in [0.4, 0.5) is 5.95 Å². The van der Waals surface area contributed by atoms with Gasteiger partial charge in [-0.25, -0.2) is 9.97 Å². The highest BCUT2D eigenvalue weighted by Crippen LogP contribution is 2.07. The molecule has 2 N–H and O–H groups in total. The van der Waals surface area contributed by atoms with Gasteiger partial charge >= 0.3 is 0 Å². The molecule has 0 aliphatic carbocycles. The van der Waals surface area contributed by atoms with E-state index in [1.54, 1.807) is 12.4 Å². The Morgan fingerprint density at radius 2 is 1.69 bits per heavy atom. The monoisotopic (exact) mass is 346 g/mol. The van der Waals surface area contributed by atoms with Crippen LogP contribution in [0.15, 0.2) is 67.0 Å². The Morgan fingerprint density at radius 1 is 0.962 bits per heavy atom. The molecule has 0 fully saturated rings. The summed E-state index contributed by atoms with van der Waals surface area (Å²) < 4.78 is 0. The molecule has 5 nitrogen and oxygen atoms in total. The van der Waals surface area contributed by atoms with Crippen LogP contribution in [-0.2, 0) is 13.0 Å². The number of carbonyl (C=O) groups excluding carboxylic acids is 1. The summed E-state index contributed by atoms with van der Waals surface area (Å²) in [7, 11) is 0. The van der Waals surface area contributed by atoms with E-state index in [9.17, 15) is 4.79 Å². The van der Waals surface area contributed by atoms with Crippen molar-refractivity contribution in [2.24, 2.45) is 0 Å². The van der Waals surface area contributed by atoms with Crippen molar-refractivity contribution in [1.29, 1.82) is 0 Å². The maximum Gasteiger partial charge on any atom is 0.254 e. The van der Waals surface area contributed by atoms with Crippen molar-refractivity contribution in [3.05, 3.63) is 89.2 Å². The first-order valence-corrected chi connectivity index (χ1v) is 8.64. The first-order valence-electron chi connectivity index (χ1n) is 8.64. The van der Waals surface area contributed by atoms with E-state index in [1.807, 2.05) is 36.4 Å². The van der Waals surface area contributed by atoms with Gasteiger partial charge in [0.25, 0.3) is 5.91 Å². The number of hydrogen-bond donors (Lipinski definition) is 2. The fraction of sp³-hybridized carbons (Fsp3) is 0.190. The van der Waals surface area contributed by atoms with E-state index in [0.717, 1.165) is 12.0 Å². The molecule has 0 aliphatic heterocycles. The predicted octanol–water partition coefficient (Wildman–Crippen LogP) is 3.37. The Kier molecular flexibility index (Phi) is 5.93. The summed E-state index contributed by atoms with van der Waals surface area (Å²) in [6.45, 7) is 3.28. The molecular weight excluding hydrogens is 324 g/mol. The number of aryl methyl sites for hydroxylation is 1. The molecule has 0 saturated heterocycles. The van der Waals surface area contributed by atoms with E-state index in [-0.39, 0.29) is 5.91 Å². The molecule has 0 saturated carbocycles. The molecule has 1 heterocycles. The maximum absolute atomic E-state index is 12.2. The average molecular weight is 346 g/mol. The van der Waals surface area contributed by atoms with E-state index in [2.05, 4.69) is 45.7 Å². The molecule has 1 amide bonds. The number of hydrogen-bond acceptors (Lipinski definition) is 4. The highest BCUT2D eigenvalue weighted by molar-refractivity contribution is 5.93. The van der Waals surface area contributed by atoms with Gasteiger partial charge in [-0.15, -0.1) is 0 Å². The molecule has 5 heteroatoms. The summed E-state index contributed by atoms with van der Waals surface area (Å²) >= 11 is 0. The molecular formula is C21H22N4O. The highest BCUT2D eigenvalue weighted by Gasteiger charge is 2.06. The fourth-order valence-corrected chi connectivity index (χ4v) is 2.61.